The summed E-state index contributed by atoms with van der Waals surface area (Å²) in [6.07, 6.45) is 1.41. The molecule has 33 heavy (non-hydrogen) atoms. The van der Waals surface area contributed by atoms with E-state index in [0.29, 0.717) is 34.2 Å². The van der Waals surface area contributed by atoms with Gasteiger partial charge in [-0.25, -0.2) is 4.79 Å². The highest BCUT2D eigenvalue weighted by molar-refractivity contribution is 6.03. The minimum Gasteiger partial charge on any atom is -0.494 e. The fourth-order valence-electron chi connectivity index (χ4n) is 3.68. The number of amides is 1. The Labute approximate surface area is 187 Å². The highest BCUT2D eigenvalue weighted by Crippen LogP contribution is 2.25. The number of aromatic nitrogens is 3. The number of fused-ring (bicyclic) bond motifs is 3. The number of benzene rings is 2. The van der Waals surface area contributed by atoms with E-state index in [1.165, 1.54) is 10.9 Å². The van der Waals surface area contributed by atoms with Crippen LogP contribution >= 0.6 is 0 Å². The average molecular weight is 444 g/mol. The van der Waals surface area contributed by atoms with E-state index in [9.17, 15) is 9.59 Å². The zero-order valence-corrected chi connectivity index (χ0v) is 18.0. The number of rotatable bonds is 6. The van der Waals surface area contributed by atoms with Crippen LogP contribution in [0.5, 0.6) is 5.75 Å². The molecule has 1 N–H and O–H groups in total. The van der Waals surface area contributed by atoms with Crippen LogP contribution in [0.15, 0.2) is 68.5 Å². The Kier molecular flexibility index (Phi) is 5.14. The number of nitrogens with one attached hydrogen (secondary N) is 1. The third-order valence-corrected chi connectivity index (χ3v) is 5.18. The van der Waals surface area contributed by atoms with Crippen molar-refractivity contribution in [2.24, 2.45) is 0 Å². The molecule has 9 heteroatoms. The minimum absolute atomic E-state index is 0.116. The van der Waals surface area contributed by atoms with Crippen LogP contribution in [0.4, 0.5) is 5.88 Å². The van der Waals surface area contributed by atoms with Crippen molar-refractivity contribution < 1.29 is 18.5 Å². The van der Waals surface area contributed by atoms with Gasteiger partial charge < -0.3 is 13.7 Å². The Morgan fingerprint density at radius 2 is 1.94 bits per heavy atom. The smallest absolute Gasteiger partial charge is 0.347 e. The molecule has 0 radical (unpaired) electrons. The second-order valence-electron chi connectivity index (χ2n) is 7.54. The summed E-state index contributed by atoms with van der Waals surface area (Å²) in [6, 6.07) is 14.6. The lowest BCUT2D eigenvalue weighted by molar-refractivity contribution is -0.117. The number of hydrogen-bond acceptors (Lipinski definition) is 7. The Hall–Kier alpha value is -4.40. The maximum atomic E-state index is 12.7. The second kappa shape index (κ2) is 8.27. The predicted octanol–water partition coefficient (Wildman–Crippen LogP) is 4.14. The molecule has 0 fully saturated rings. The van der Waals surface area contributed by atoms with Crippen LogP contribution in [0.25, 0.3) is 33.1 Å². The highest BCUT2D eigenvalue weighted by Gasteiger charge is 2.16. The van der Waals surface area contributed by atoms with Crippen LogP contribution in [-0.4, -0.2) is 27.5 Å². The van der Waals surface area contributed by atoms with Gasteiger partial charge in [-0.3, -0.25) is 14.8 Å². The molecular weight excluding hydrogens is 424 g/mol. The molecule has 2 aromatic carbocycles. The zero-order chi connectivity index (χ0) is 22.9. The van der Waals surface area contributed by atoms with Gasteiger partial charge in [0.1, 0.15) is 29.0 Å². The quantitative estimate of drug-likeness (QED) is 0.392. The third-order valence-electron chi connectivity index (χ3n) is 5.18. The first kappa shape index (κ1) is 20.5. The summed E-state index contributed by atoms with van der Waals surface area (Å²) in [5.41, 5.74) is 2.90. The van der Waals surface area contributed by atoms with Crippen LogP contribution in [0, 0.1) is 6.92 Å². The number of ether oxygens (including phenoxy) is 1. The zero-order valence-electron chi connectivity index (χ0n) is 18.0. The number of carbonyl (C=O) groups excluding carboxylic acids is 1. The standard InChI is InChI=1S/C24H20N4O5/c1-3-31-16-7-5-15(6-8-16)19-11-22(33-27-19)26-21(29)13-28-23-17-10-14(2)4-9-20(17)32-24(30)18(23)12-25-28/h4-12H,3,13H2,1-2H3,(H,26,29). The summed E-state index contributed by atoms with van der Waals surface area (Å²) in [5, 5.41) is 12.0. The molecule has 0 aliphatic rings. The molecule has 3 aromatic heterocycles. The summed E-state index contributed by atoms with van der Waals surface area (Å²) < 4.78 is 17.6. The van der Waals surface area contributed by atoms with Crippen molar-refractivity contribution in [3.8, 4) is 17.0 Å². The van der Waals surface area contributed by atoms with E-state index in [1.807, 2.05) is 50.2 Å². The molecule has 1 amide bonds. The fourth-order valence-corrected chi connectivity index (χ4v) is 3.68. The van der Waals surface area contributed by atoms with Crippen molar-refractivity contribution in [1.29, 1.82) is 0 Å². The molecule has 0 bridgehead atoms. The first-order valence-electron chi connectivity index (χ1n) is 10.4. The molecule has 0 spiro atoms. The summed E-state index contributed by atoms with van der Waals surface area (Å²) in [6.45, 7) is 4.33. The number of hydrogen-bond donors (Lipinski definition) is 1. The maximum Gasteiger partial charge on any atom is 0.347 e. The lowest BCUT2D eigenvalue weighted by Gasteiger charge is -2.06. The number of nitrogens with zero attached hydrogens (tertiary/aromatic N) is 3. The van der Waals surface area contributed by atoms with E-state index < -0.39 is 5.63 Å². The van der Waals surface area contributed by atoms with Crippen LogP contribution < -0.4 is 15.7 Å². The van der Waals surface area contributed by atoms with Gasteiger partial charge in [0.15, 0.2) is 0 Å². The normalized spacial score (nSPS) is 11.2. The molecular formula is C24H20N4O5. The van der Waals surface area contributed by atoms with Gasteiger partial charge >= 0.3 is 5.63 Å². The Bertz CT molecular complexity index is 1530. The van der Waals surface area contributed by atoms with Gasteiger partial charge in [0, 0.05) is 17.0 Å². The van der Waals surface area contributed by atoms with Crippen LogP contribution in [0.2, 0.25) is 0 Å². The Morgan fingerprint density at radius 1 is 1.12 bits per heavy atom. The van der Waals surface area contributed by atoms with Gasteiger partial charge in [0.05, 0.1) is 18.3 Å². The van der Waals surface area contributed by atoms with Gasteiger partial charge in [0.2, 0.25) is 11.8 Å². The van der Waals surface area contributed by atoms with Crippen molar-refractivity contribution in [3.05, 3.63) is 70.7 Å². The lowest BCUT2D eigenvalue weighted by Crippen LogP contribution is -2.19. The number of carbonyl (C=O) groups is 1. The predicted molar refractivity (Wildman–Crippen MR) is 122 cm³/mol. The average Bonchev–Trinajstić information content (AvgIpc) is 3.43. The van der Waals surface area contributed by atoms with Crippen molar-refractivity contribution in [2.75, 3.05) is 11.9 Å². The molecule has 5 rings (SSSR count). The highest BCUT2D eigenvalue weighted by atomic mass is 16.5. The molecule has 5 aromatic rings. The molecule has 3 heterocycles. The maximum absolute atomic E-state index is 12.7. The van der Waals surface area contributed by atoms with Gasteiger partial charge in [-0.1, -0.05) is 16.8 Å². The summed E-state index contributed by atoms with van der Waals surface area (Å²) in [4.78, 5) is 25.0. The topological polar surface area (TPSA) is 112 Å². The third kappa shape index (κ3) is 3.96. The molecule has 0 saturated carbocycles. The largest absolute Gasteiger partial charge is 0.494 e. The van der Waals surface area contributed by atoms with Crippen LogP contribution in [-0.2, 0) is 11.3 Å². The van der Waals surface area contributed by atoms with Gasteiger partial charge in [-0.15, -0.1) is 0 Å². The first-order valence-corrected chi connectivity index (χ1v) is 10.4. The molecule has 9 nitrogen and oxygen atoms in total. The fraction of sp³-hybridized carbons (Fsp3) is 0.167. The van der Waals surface area contributed by atoms with Crippen molar-refractivity contribution in [3.63, 3.8) is 0 Å². The monoisotopic (exact) mass is 444 g/mol. The molecule has 166 valence electrons. The SMILES string of the molecule is CCOc1ccc(-c2cc(NC(=O)Cn3ncc4c(=O)oc5ccc(C)cc5c43)on2)cc1. The lowest BCUT2D eigenvalue weighted by atomic mass is 10.1. The molecule has 0 atom stereocenters. The molecule has 0 aliphatic carbocycles. The van der Waals surface area contributed by atoms with Crippen molar-refractivity contribution >= 4 is 33.7 Å². The van der Waals surface area contributed by atoms with E-state index in [0.717, 1.165) is 16.9 Å². The Balaban J connectivity index is 1.37. The van der Waals surface area contributed by atoms with E-state index in [1.54, 1.807) is 12.1 Å². The molecule has 0 saturated heterocycles. The van der Waals surface area contributed by atoms with Crippen molar-refractivity contribution in [1.82, 2.24) is 14.9 Å². The minimum atomic E-state index is -0.497. The number of anilines is 1. The summed E-state index contributed by atoms with van der Waals surface area (Å²) in [5.74, 6) is 0.602. The van der Waals surface area contributed by atoms with E-state index in [-0.39, 0.29) is 18.3 Å². The van der Waals surface area contributed by atoms with E-state index >= 15 is 0 Å². The second-order valence-corrected chi connectivity index (χ2v) is 7.54. The molecule has 0 aliphatic heterocycles. The number of aryl methyl sites for hydroxylation is 1. The first-order chi connectivity index (χ1) is 16.0. The summed E-state index contributed by atoms with van der Waals surface area (Å²) >= 11 is 0. The van der Waals surface area contributed by atoms with Gasteiger partial charge in [-0.2, -0.15) is 5.10 Å². The van der Waals surface area contributed by atoms with Crippen LogP contribution in [0.3, 0.4) is 0 Å². The van der Waals surface area contributed by atoms with Gasteiger partial charge in [0.25, 0.3) is 0 Å². The van der Waals surface area contributed by atoms with Gasteiger partial charge in [-0.05, 0) is 50.2 Å². The van der Waals surface area contributed by atoms with E-state index in [2.05, 4.69) is 15.6 Å². The van der Waals surface area contributed by atoms with E-state index in [4.69, 9.17) is 13.7 Å². The molecule has 0 unspecified atom stereocenters. The van der Waals surface area contributed by atoms with Crippen molar-refractivity contribution in [2.45, 2.75) is 20.4 Å². The summed E-state index contributed by atoms with van der Waals surface area (Å²) in [7, 11) is 0. The Morgan fingerprint density at radius 3 is 2.73 bits per heavy atom. The van der Waals surface area contributed by atoms with Crippen LogP contribution in [0.1, 0.15) is 12.5 Å².